The van der Waals surface area contributed by atoms with E-state index in [0.717, 1.165) is 30.2 Å². The Morgan fingerprint density at radius 1 is 1.17 bits per heavy atom. The van der Waals surface area contributed by atoms with Crippen LogP contribution >= 0.6 is 11.6 Å². The van der Waals surface area contributed by atoms with E-state index >= 15 is 0 Å². The largest absolute Gasteiger partial charge is 0.397 e. The molecule has 2 heterocycles. The molecule has 5 heteroatoms. The molecule has 0 saturated heterocycles. The van der Waals surface area contributed by atoms with Crippen molar-refractivity contribution in [2.45, 2.75) is 32.2 Å². The molecule has 1 aromatic heterocycles. The van der Waals surface area contributed by atoms with Crippen LogP contribution in [0.1, 0.15) is 25.1 Å². The van der Waals surface area contributed by atoms with Gasteiger partial charge in [0, 0.05) is 18.5 Å². The van der Waals surface area contributed by atoms with Gasteiger partial charge >= 0.3 is 0 Å². The molecule has 1 aliphatic rings. The summed E-state index contributed by atoms with van der Waals surface area (Å²) in [5.41, 5.74) is 7.49. The highest BCUT2D eigenvalue weighted by molar-refractivity contribution is 6.33. The lowest BCUT2D eigenvalue weighted by atomic mass is 10.1. The van der Waals surface area contributed by atoms with Crippen molar-refractivity contribution in [3.8, 4) is 11.4 Å². The summed E-state index contributed by atoms with van der Waals surface area (Å²) in [7, 11) is 0. The highest BCUT2D eigenvalue weighted by Gasteiger charge is 2.18. The van der Waals surface area contributed by atoms with Gasteiger partial charge in [-0.2, -0.15) is 0 Å². The Kier molecular flexibility index (Phi) is 2.96. The summed E-state index contributed by atoms with van der Waals surface area (Å²) in [5.74, 6) is 1.90. The number of anilines is 1. The minimum atomic E-state index is 0.568. The molecule has 0 atom stereocenters. The first-order chi connectivity index (χ1) is 8.77. The van der Waals surface area contributed by atoms with E-state index in [2.05, 4.69) is 14.8 Å². The van der Waals surface area contributed by atoms with Gasteiger partial charge in [0.25, 0.3) is 0 Å². The van der Waals surface area contributed by atoms with Crippen LogP contribution in [0.25, 0.3) is 11.4 Å². The van der Waals surface area contributed by atoms with E-state index in [0.29, 0.717) is 10.7 Å². The standard InChI is InChI=1S/C13H15ClN4/c14-10-6-4-5-9(12(10)15)13-17-16-11-7-2-1-3-8-18(11)13/h4-6H,1-3,7-8,15H2. The fraction of sp³-hybridized carbons (Fsp3) is 0.385. The first kappa shape index (κ1) is 11.5. The molecule has 0 aliphatic carbocycles. The summed E-state index contributed by atoms with van der Waals surface area (Å²) in [6, 6.07) is 5.63. The number of nitrogens with zero attached hydrogens (tertiary/aromatic N) is 3. The Balaban J connectivity index is 2.12. The zero-order valence-corrected chi connectivity index (χ0v) is 10.8. The molecule has 0 amide bonds. The number of nitrogens with two attached hydrogens (primary N) is 1. The molecular formula is C13H15ClN4. The molecule has 4 nitrogen and oxygen atoms in total. The second kappa shape index (κ2) is 4.61. The SMILES string of the molecule is Nc1c(Cl)cccc1-c1nnc2n1CCCCC2. The zero-order chi connectivity index (χ0) is 12.5. The molecule has 1 aromatic carbocycles. The smallest absolute Gasteiger partial charge is 0.166 e. The van der Waals surface area contributed by atoms with Gasteiger partial charge < -0.3 is 10.3 Å². The predicted octanol–water partition coefficient (Wildman–Crippen LogP) is 2.91. The van der Waals surface area contributed by atoms with Gasteiger partial charge in [0.1, 0.15) is 5.82 Å². The lowest BCUT2D eigenvalue weighted by Crippen LogP contribution is -2.04. The molecule has 0 fully saturated rings. The van der Waals surface area contributed by atoms with E-state index in [1.165, 1.54) is 19.3 Å². The fourth-order valence-corrected chi connectivity index (χ4v) is 2.59. The third-order valence-corrected chi connectivity index (χ3v) is 3.73. The summed E-state index contributed by atoms with van der Waals surface area (Å²) in [4.78, 5) is 0. The maximum atomic E-state index is 6.06. The van der Waals surface area contributed by atoms with Crippen LogP contribution in [0.5, 0.6) is 0 Å². The molecule has 2 N–H and O–H groups in total. The van der Waals surface area contributed by atoms with Gasteiger partial charge in [-0.1, -0.05) is 24.1 Å². The van der Waals surface area contributed by atoms with Crippen LogP contribution in [0, 0.1) is 0 Å². The Morgan fingerprint density at radius 2 is 2.06 bits per heavy atom. The molecule has 0 radical (unpaired) electrons. The number of halogens is 1. The number of hydrogen-bond donors (Lipinski definition) is 1. The topological polar surface area (TPSA) is 56.7 Å². The Bertz CT molecular complexity index is 576. The van der Waals surface area contributed by atoms with E-state index in [1.807, 2.05) is 12.1 Å². The Labute approximate surface area is 111 Å². The van der Waals surface area contributed by atoms with Gasteiger partial charge in [-0.3, -0.25) is 0 Å². The second-order valence-corrected chi connectivity index (χ2v) is 5.01. The van der Waals surface area contributed by atoms with Gasteiger partial charge in [-0.25, -0.2) is 0 Å². The van der Waals surface area contributed by atoms with Crippen LogP contribution in [0.2, 0.25) is 5.02 Å². The number of nitrogen functional groups attached to an aromatic ring is 1. The van der Waals surface area contributed by atoms with Crippen molar-refractivity contribution in [1.82, 2.24) is 14.8 Å². The van der Waals surface area contributed by atoms with E-state index in [4.69, 9.17) is 17.3 Å². The van der Waals surface area contributed by atoms with Crippen LogP contribution in [-0.2, 0) is 13.0 Å². The summed E-state index contributed by atoms with van der Waals surface area (Å²) in [5, 5.41) is 9.13. The summed E-state index contributed by atoms with van der Waals surface area (Å²) >= 11 is 6.06. The Morgan fingerprint density at radius 3 is 2.94 bits per heavy atom. The quantitative estimate of drug-likeness (QED) is 0.804. The number of aryl methyl sites for hydroxylation is 1. The lowest BCUT2D eigenvalue weighted by molar-refractivity contribution is 0.637. The van der Waals surface area contributed by atoms with Crippen molar-refractivity contribution in [1.29, 1.82) is 0 Å². The maximum absolute atomic E-state index is 6.06. The predicted molar refractivity (Wildman–Crippen MR) is 72.4 cm³/mol. The van der Waals surface area contributed by atoms with Gasteiger partial charge in [-0.05, 0) is 25.0 Å². The number of hydrogen-bond acceptors (Lipinski definition) is 3. The number of aromatic nitrogens is 3. The number of fused-ring (bicyclic) bond motifs is 1. The third kappa shape index (κ3) is 1.86. The van der Waals surface area contributed by atoms with E-state index in [-0.39, 0.29) is 0 Å². The van der Waals surface area contributed by atoms with E-state index in [1.54, 1.807) is 6.07 Å². The van der Waals surface area contributed by atoms with Crippen molar-refractivity contribution in [3.63, 3.8) is 0 Å². The van der Waals surface area contributed by atoms with Crippen molar-refractivity contribution in [2.24, 2.45) is 0 Å². The molecule has 2 aromatic rings. The minimum absolute atomic E-state index is 0.568. The van der Waals surface area contributed by atoms with Crippen molar-refractivity contribution in [2.75, 3.05) is 5.73 Å². The maximum Gasteiger partial charge on any atom is 0.166 e. The second-order valence-electron chi connectivity index (χ2n) is 4.60. The van der Waals surface area contributed by atoms with Gasteiger partial charge in [0.15, 0.2) is 5.82 Å². The molecule has 0 unspecified atom stereocenters. The first-order valence-corrected chi connectivity index (χ1v) is 6.61. The normalized spacial score (nSPS) is 15.2. The van der Waals surface area contributed by atoms with E-state index < -0.39 is 0 Å². The monoisotopic (exact) mass is 262 g/mol. The zero-order valence-electron chi connectivity index (χ0n) is 10.1. The summed E-state index contributed by atoms with van der Waals surface area (Å²) in [6.45, 7) is 0.962. The summed E-state index contributed by atoms with van der Waals surface area (Å²) in [6.07, 6.45) is 4.59. The fourth-order valence-electron chi connectivity index (χ4n) is 2.42. The molecule has 1 aliphatic heterocycles. The van der Waals surface area contributed by atoms with Crippen LogP contribution in [-0.4, -0.2) is 14.8 Å². The van der Waals surface area contributed by atoms with Crippen LogP contribution < -0.4 is 5.73 Å². The number of benzene rings is 1. The molecule has 0 spiro atoms. The van der Waals surface area contributed by atoms with Crippen molar-refractivity contribution < 1.29 is 0 Å². The molecular weight excluding hydrogens is 248 g/mol. The highest BCUT2D eigenvalue weighted by Crippen LogP contribution is 2.31. The molecule has 94 valence electrons. The summed E-state index contributed by atoms with van der Waals surface area (Å²) < 4.78 is 2.18. The van der Waals surface area contributed by atoms with E-state index in [9.17, 15) is 0 Å². The van der Waals surface area contributed by atoms with Gasteiger partial charge in [-0.15, -0.1) is 10.2 Å². The Hall–Kier alpha value is -1.55. The van der Waals surface area contributed by atoms with Crippen LogP contribution in [0.3, 0.4) is 0 Å². The average Bonchev–Trinajstić information content (AvgIpc) is 2.62. The minimum Gasteiger partial charge on any atom is -0.397 e. The molecule has 18 heavy (non-hydrogen) atoms. The lowest BCUT2D eigenvalue weighted by Gasteiger charge is -2.09. The number of rotatable bonds is 1. The average molecular weight is 263 g/mol. The van der Waals surface area contributed by atoms with Crippen molar-refractivity contribution in [3.05, 3.63) is 29.0 Å². The number of para-hydroxylation sites is 1. The van der Waals surface area contributed by atoms with Crippen LogP contribution in [0.15, 0.2) is 18.2 Å². The van der Waals surface area contributed by atoms with Crippen molar-refractivity contribution >= 4 is 17.3 Å². The van der Waals surface area contributed by atoms with Crippen LogP contribution in [0.4, 0.5) is 5.69 Å². The highest BCUT2D eigenvalue weighted by atomic mass is 35.5. The third-order valence-electron chi connectivity index (χ3n) is 3.40. The van der Waals surface area contributed by atoms with Gasteiger partial charge in [0.05, 0.1) is 10.7 Å². The molecule has 3 rings (SSSR count). The van der Waals surface area contributed by atoms with Gasteiger partial charge in [0.2, 0.25) is 0 Å². The first-order valence-electron chi connectivity index (χ1n) is 6.24. The molecule has 0 bridgehead atoms. The molecule has 0 saturated carbocycles.